The molecule has 7 heavy (non-hydrogen) atoms. The SMILES string of the molecule is CCN=C=N.[Na+].[OH-]. The largest absolute Gasteiger partial charge is 1.00 e. The molecule has 0 saturated heterocycles. The molecule has 0 aliphatic carbocycles. The quantitative estimate of drug-likeness (QED) is 0.296. The molecule has 0 radical (unpaired) electrons. The van der Waals surface area contributed by atoms with E-state index in [0.717, 1.165) is 0 Å². The van der Waals surface area contributed by atoms with Crippen molar-refractivity contribution in [3.05, 3.63) is 0 Å². The molecule has 0 heterocycles. The van der Waals surface area contributed by atoms with Crippen LogP contribution in [0.1, 0.15) is 6.92 Å². The van der Waals surface area contributed by atoms with Gasteiger partial charge < -0.3 is 5.48 Å². The Bertz CT molecular complexity index is 60.0. The first-order chi connectivity index (χ1) is 2.41. The number of rotatable bonds is 1. The van der Waals surface area contributed by atoms with Crippen LogP contribution in [0.5, 0.6) is 0 Å². The van der Waals surface area contributed by atoms with Crippen molar-refractivity contribution in [1.29, 1.82) is 5.41 Å². The van der Waals surface area contributed by atoms with E-state index in [0.29, 0.717) is 6.54 Å². The van der Waals surface area contributed by atoms with Crippen LogP contribution in [0.4, 0.5) is 0 Å². The molecule has 0 rings (SSSR count). The molecule has 0 aromatic heterocycles. The van der Waals surface area contributed by atoms with Gasteiger partial charge in [0, 0.05) is 6.54 Å². The zero-order valence-electron chi connectivity index (χ0n) is 4.60. The Morgan fingerprint density at radius 3 is 2.14 bits per heavy atom. The molecule has 2 N–H and O–H groups in total. The second kappa shape index (κ2) is 16.2. The summed E-state index contributed by atoms with van der Waals surface area (Å²) >= 11 is 0. The molecule has 0 spiro atoms. The van der Waals surface area contributed by atoms with Crippen LogP contribution in [0.2, 0.25) is 0 Å². The third-order valence-corrected chi connectivity index (χ3v) is 0.237. The summed E-state index contributed by atoms with van der Waals surface area (Å²) in [6, 6.07) is 1.89. The fraction of sp³-hybridized carbons (Fsp3) is 0.667. The molecule has 0 aliphatic heterocycles. The molecule has 0 saturated carbocycles. The van der Waals surface area contributed by atoms with E-state index < -0.39 is 0 Å². The van der Waals surface area contributed by atoms with E-state index in [2.05, 4.69) is 4.99 Å². The molecule has 0 fully saturated rings. The molecule has 0 amide bonds. The first kappa shape index (κ1) is 15.7. The summed E-state index contributed by atoms with van der Waals surface area (Å²) in [7, 11) is 0. The summed E-state index contributed by atoms with van der Waals surface area (Å²) in [6.45, 7) is 2.53. The van der Waals surface area contributed by atoms with Crippen LogP contribution in [-0.2, 0) is 0 Å². The zero-order chi connectivity index (χ0) is 4.12. The second-order valence-corrected chi connectivity index (χ2v) is 0.586. The van der Waals surface area contributed by atoms with E-state index in [1.807, 2.05) is 12.9 Å². The van der Waals surface area contributed by atoms with Gasteiger partial charge in [-0.25, -0.2) is 10.4 Å². The summed E-state index contributed by atoms with van der Waals surface area (Å²) in [5, 5.41) is 6.19. The minimum absolute atomic E-state index is 0. The maximum Gasteiger partial charge on any atom is 1.00 e. The molecule has 4 heteroatoms. The standard InChI is InChI=1S/C3H6N2.Na.H2O/c1-2-5-3-4;;/h4H,2H2,1H3;;1H2/q;+1;/p-1. The monoisotopic (exact) mass is 110 g/mol. The van der Waals surface area contributed by atoms with Crippen molar-refractivity contribution >= 4 is 6.01 Å². The van der Waals surface area contributed by atoms with Gasteiger partial charge in [-0.3, -0.25) is 0 Å². The number of nitrogens with zero attached hydrogens (tertiary/aromatic N) is 1. The van der Waals surface area contributed by atoms with E-state index in [4.69, 9.17) is 5.41 Å². The first-order valence-electron chi connectivity index (χ1n) is 1.50. The average Bonchev–Trinajstić information content (AvgIpc) is 1.41. The van der Waals surface area contributed by atoms with Gasteiger partial charge in [-0.1, -0.05) is 0 Å². The van der Waals surface area contributed by atoms with Crippen LogP contribution >= 0.6 is 0 Å². The van der Waals surface area contributed by atoms with E-state index in [-0.39, 0.29) is 35.0 Å². The third kappa shape index (κ3) is 21.8. The number of hydrogen-bond acceptors (Lipinski definition) is 3. The Labute approximate surface area is 64.9 Å². The van der Waals surface area contributed by atoms with E-state index in [1.54, 1.807) is 0 Å². The van der Waals surface area contributed by atoms with E-state index in [1.165, 1.54) is 0 Å². The fourth-order valence-electron chi connectivity index (χ4n) is 0.0791. The normalized spacial score (nSPS) is 4.14. The maximum absolute atomic E-state index is 6.19. The average molecular weight is 110 g/mol. The van der Waals surface area contributed by atoms with Gasteiger partial charge in [0.2, 0.25) is 0 Å². The molecule has 3 nitrogen and oxygen atoms in total. The van der Waals surface area contributed by atoms with E-state index >= 15 is 0 Å². The molecule has 36 valence electrons. The van der Waals surface area contributed by atoms with Crippen molar-refractivity contribution in [3.63, 3.8) is 0 Å². The summed E-state index contributed by atoms with van der Waals surface area (Å²) in [6.07, 6.45) is 0. The Hall–Kier alpha value is 0.340. The summed E-state index contributed by atoms with van der Waals surface area (Å²) in [5.41, 5.74) is 0. The Kier molecular flexibility index (Phi) is 36.3. The molecule has 0 unspecified atom stereocenters. The number of nitrogens with one attached hydrogen (secondary N) is 1. The predicted octanol–water partition coefficient (Wildman–Crippen LogP) is -2.41. The van der Waals surface area contributed by atoms with Gasteiger partial charge in [-0.05, 0) is 6.92 Å². The Balaban J connectivity index is -0.0000000800. The topological polar surface area (TPSA) is 66.2 Å². The Morgan fingerprint density at radius 2 is 2.14 bits per heavy atom. The number of aliphatic imine (C=N–C) groups is 1. The van der Waals surface area contributed by atoms with Crippen LogP contribution in [0, 0.1) is 5.41 Å². The third-order valence-electron chi connectivity index (χ3n) is 0.237. The summed E-state index contributed by atoms with van der Waals surface area (Å²) in [5.74, 6) is 0. The van der Waals surface area contributed by atoms with Gasteiger partial charge in [-0.15, -0.1) is 0 Å². The molecular weight excluding hydrogens is 103 g/mol. The minimum atomic E-state index is 0. The van der Waals surface area contributed by atoms with Crippen LogP contribution in [-0.4, -0.2) is 18.0 Å². The molecule has 0 aromatic carbocycles. The molecule has 0 atom stereocenters. The second-order valence-electron chi connectivity index (χ2n) is 0.586. The predicted molar refractivity (Wildman–Crippen MR) is 22.6 cm³/mol. The summed E-state index contributed by atoms with van der Waals surface area (Å²) in [4.78, 5) is 3.39. The van der Waals surface area contributed by atoms with Crippen LogP contribution in [0.15, 0.2) is 4.99 Å². The van der Waals surface area contributed by atoms with Gasteiger partial charge in [0.15, 0.2) is 0 Å². The van der Waals surface area contributed by atoms with Crippen molar-refractivity contribution in [1.82, 2.24) is 0 Å². The smallest absolute Gasteiger partial charge is 0.870 e. The molecule has 0 aromatic rings. The Morgan fingerprint density at radius 1 is 1.71 bits per heavy atom. The van der Waals surface area contributed by atoms with Crippen LogP contribution in [0.25, 0.3) is 0 Å². The minimum Gasteiger partial charge on any atom is -0.870 e. The van der Waals surface area contributed by atoms with Gasteiger partial charge in [0.25, 0.3) is 0 Å². The van der Waals surface area contributed by atoms with Crippen LogP contribution < -0.4 is 29.6 Å². The van der Waals surface area contributed by atoms with Crippen molar-refractivity contribution in [2.24, 2.45) is 4.99 Å². The van der Waals surface area contributed by atoms with Gasteiger partial charge in [0.1, 0.15) is 0 Å². The van der Waals surface area contributed by atoms with Gasteiger partial charge in [0.05, 0.1) is 6.01 Å². The molecule has 0 aliphatic rings. The van der Waals surface area contributed by atoms with E-state index in [9.17, 15) is 0 Å². The van der Waals surface area contributed by atoms with Gasteiger partial charge in [-0.2, -0.15) is 0 Å². The van der Waals surface area contributed by atoms with Gasteiger partial charge >= 0.3 is 29.6 Å². The maximum atomic E-state index is 6.19. The number of hydrogen-bond donors (Lipinski definition) is 1. The van der Waals surface area contributed by atoms with Crippen molar-refractivity contribution < 1.29 is 35.0 Å². The summed E-state index contributed by atoms with van der Waals surface area (Å²) < 4.78 is 0. The van der Waals surface area contributed by atoms with Crippen molar-refractivity contribution in [2.45, 2.75) is 6.92 Å². The van der Waals surface area contributed by atoms with Crippen molar-refractivity contribution in [3.8, 4) is 0 Å². The molecule has 0 bridgehead atoms. The fourth-order valence-corrected chi connectivity index (χ4v) is 0.0791. The zero-order valence-corrected chi connectivity index (χ0v) is 6.60. The first-order valence-corrected chi connectivity index (χ1v) is 1.50. The van der Waals surface area contributed by atoms with Crippen LogP contribution in [0.3, 0.4) is 0 Å². The van der Waals surface area contributed by atoms with Crippen molar-refractivity contribution in [2.75, 3.05) is 6.54 Å². The molecular formula is C3H7N2NaO.